The van der Waals surface area contributed by atoms with Crippen LogP contribution in [-0.2, 0) is 4.74 Å². The molecular weight excluding hydrogens is 388 g/mol. The number of fused-ring (bicyclic) bond motifs is 1. The summed E-state index contributed by atoms with van der Waals surface area (Å²) in [4.78, 5) is 15.7. The van der Waals surface area contributed by atoms with Gasteiger partial charge >= 0.3 is 5.97 Å². The highest BCUT2D eigenvalue weighted by Crippen LogP contribution is 2.39. The molecule has 6 nitrogen and oxygen atoms in total. The van der Waals surface area contributed by atoms with Crippen molar-refractivity contribution in [2.45, 2.75) is 27.7 Å². The Kier molecular flexibility index (Phi) is 7.40. The lowest BCUT2D eigenvalue weighted by molar-refractivity contribution is 0.0601. The Bertz CT molecular complexity index is 912. The van der Waals surface area contributed by atoms with E-state index in [0.717, 1.165) is 11.4 Å². The molecule has 0 bridgehead atoms. The summed E-state index contributed by atoms with van der Waals surface area (Å²) in [7, 11) is 1.34. The fourth-order valence-corrected chi connectivity index (χ4v) is 3.34. The molecule has 2 N–H and O–H groups in total. The first kappa shape index (κ1) is 22.4. The highest BCUT2D eigenvalue weighted by Gasteiger charge is 2.31. The fourth-order valence-electron chi connectivity index (χ4n) is 3.21. The average Bonchev–Trinajstić information content (AvgIpc) is 2.83. The van der Waals surface area contributed by atoms with Gasteiger partial charge in [0.05, 0.1) is 24.0 Å². The van der Waals surface area contributed by atoms with Gasteiger partial charge in [0.25, 0.3) is 0 Å². The normalized spacial score (nSPS) is 15.7. The number of methoxy groups -OCH3 is 1. The third kappa shape index (κ3) is 4.59. The Morgan fingerprint density at radius 3 is 2.31 bits per heavy atom. The molecule has 1 atom stereocenters. The second-order valence-electron chi connectivity index (χ2n) is 6.49. The molecule has 0 saturated heterocycles. The molecule has 1 aliphatic rings. The summed E-state index contributed by atoms with van der Waals surface area (Å²) in [6, 6.07) is 12.6. The molecule has 0 unspecified atom stereocenters. The number of hydrogen-bond acceptors (Lipinski definition) is 5. The predicted molar refractivity (Wildman–Crippen MR) is 120 cm³/mol. The molecule has 1 heterocycles. The van der Waals surface area contributed by atoms with E-state index in [-0.39, 0.29) is 11.8 Å². The van der Waals surface area contributed by atoms with E-state index in [4.69, 9.17) is 27.2 Å². The number of ether oxygens (including phenoxy) is 1. The van der Waals surface area contributed by atoms with Crippen LogP contribution in [0.25, 0.3) is 0 Å². The van der Waals surface area contributed by atoms with E-state index in [1.54, 1.807) is 42.2 Å². The van der Waals surface area contributed by atoms with Crippen molar-refractivity contribution in [1.82, 2.24) is 0 Å². The summed E-state index contributed by atoms with van der Waals surface area (Å²) in [6.07, 6.45) is 0. The van der Waals surface area contributed by atoms with Crippen LogP contribution in [0.2, 0.25) is 5.02 Å². The van der Waals surface area contributed by atoms with Crippen molar-refractivity contribution >= 4 is 46.3 Å². The first-order valence-corrected chi connectivity index (χ1v) is 9.90. The Morgan fingerprint density at radius 1 is 1.14 bits per heavy atom. The van der Waals surface area contributed by atoms with Crippen LogP contribution >= 0.6 is 11.6 Å². The molecule has 0 aliphatic carbocycles. The van der Waals surface area contributed by atoms with Crippen LogP contribution in [0, 0.1) is 16.7 Å². The van der Waals surface area contributed by atoms with Gasteiger partial charge in [-0.15, -0.1) is 0 Å². The summed E-state index contributed by atoms with van der Waals surface area (Å²) < 4.78 is 4.86. The average molecular weight is 415 g/mol. The van der Waals surface area contributed by atoms with Crippen LogP contribution in [0.4, 0.5) is 17.1 Å². The van der Waals surface area contributed by atoms with Crippen molar-refractivity contribution in [1.29, 1.82) is 10.8 Å². The molecule has 0 spiro atoms. The number of rotatable bonds is 2. The number of anilines is 3. The van der Waals surface area contributed by atoms with Crippen LogP contribution < -0.4 is 9.80 Å². The predicted octanol–water partition coefficient (Wildman–Crippen LogP) is 5.72. The van der Waals surface area contributed by atoms with Crippen LogP contribution in [0.15, 0.2) is 42.5 Å². The van der Waals surface area contributed by atoms with E-state index >= 15 is 0 Å². The second kappa shape index (κ2) is 9.56. The third-order valence-electron chi connectivity index (χ3n) is 4.57. The van der Waals surface area contributed by atoms with E-state index in [2.05, 4.69) is 0 Å². The van der Waals surface area contributed by atoms with Gasteiger partial charge in [-0.1, -0.05) is 32.4 Å². The maximum Gasteiger partial charge on any atom is 0.337 e. The molecular formula is C22H27ClN4O2. The molecule has 0 radical (unpaired) electrons. The Labute approximate surface area is 177 Å². The van der Waals surface area contributed by atoms with Crippen molar-refractivity contribution < 1.29 is 9.53 Å². The number of benzene rings is 2. The van der Waals surface area contributed by atoms with Crippen LogP contribution in [0.3, 0.4) is 0 Å². The standard InChI is InChI=1S/C20H21ClN4O2.C2H6/c1-12-11-24(16-7-5-15(21)6-8-16)18-10-14(20(26)27-3)4-9-17(18)25(13(2)22)19(12)23;1-2/h4-10,12,22-23H,11H2,1-3H3;1-2H3/t12-;/m1./s1. The Morgan fingerprint density at radius 2 is 1.76 bits per heavy atom. The number of carbonyl (C=O) groups excluding carboxylic acids is 1. The maximum atomic E-state index is 12.1. The molecule has 1 aliphatic heterocycles. The number of nitrogens with one attached hydrogen (secondary N) is 2. The molecule has 154 valence electrons. The highest BCUT2D eigenvalue weighted by molar-refractivity contribution is 6.30. The quantitative estimate of drug-likeness (QED) is 0.374. The topological polar surface area (TPSA) is 80.5 Å². The third-order valence-corrected chi connectivity index (χ3v) is 4.82. The molecule has 2 aromatic carbocycles. The van der Waals surface area contributed by atoms with Gasteiger partial charge in [-0.2, -0.15) is 0 Å². The van der Waals surface area contributed by atoms with E-state index in [9.17, 15) is 4.79 Å². The zero-order valence-electron chi connectivity index (χ0n) is 17.4. The molecule has 7 heteroatoms. The smallest absolute Gasteiger partial charge is 0.337 e. The van der Waals surface area contributed by atoms with Gasteiger partial charge in [0.15, 0.2) is 0 Å². The van der Waals surface area contributed by atoms with Gasteiger partial charge in [-0.3, -0.25) is 15.7 Å². The maximum absolute atomic E-state index is 12.1. The SMILES string of the molecule is CC.COC(=O)c1ccc2c(c1)N(c1ccc(Cl)cc1)C[C@@H](C)C(=N)N2C(C)=N. The van der Waals surface area contributed by atoms with Crippen LogP contribution in [0.5, 0.6) is 0 Å². The molecule has 0 amide bonds. The fraction of sp³-hybridized carbons (Fsp3) is 0.318. The van der Waals surface area contributed by atoms with Crippen molar-refractivity contribution in [2.24, 2.45) is 5.92 Å². The monoisotopic (exact) mass is 414 g/mol. The zero-order valence-corrected chi connectivity index (χ0v) is 18.2. The van der Waals surface area contributed by atoms with Gasteiger partial charge in [0, 0.05) is 23.2 Å². The van der Waals surface area contributed by atoms with Gasteiger partial charge in [-0.25, -0.2) is 4.79 Å². The van der Waals surface area contributed by atoms with Gasteiger partial charge in [0.1, 0.15) is 11.7 Å². The lowest BCUT2D eigenvalue weighted by Crippen LogP contribution is -2.38. The van der Waals surface area contributed by atoms with Crippen molar-refractivity contribution in [3.8, 4) is 0 Å². The summed E-state index contributed by atoms with van der Waals surface area (Å²) in [5, 5.41) is 17.4. The highest BCUT2D eigenvalue weighted by atomic mass is 35.5. The number of amidine groups is 2. The Balaban J connectivity index is 0.00000145. The van der Waals surface area contributed by atoms with Crippen LogP contribution in [-0.4, -0.2) is 31.3 Å². The molecule has 0 aromatic heterocycles. The van der Waals surface area contributed by atoms with E-state index in [1.165, 1.54) is 7.11 Å². The van der Waals surface area contributed by atoms with E-state index in [0.29, 0.717) is 28.7 Å². The van der Waals surface area contributed by atoms with Gasteiger partial charge < -0.3 is 9.64 Å². The van der Waals surface area contributed by atoms with Crippen molar-refractivity contribution in [2.75, 3.05) is 23.5 Å². The number of carbonyl (C=O) groups is 1. The lowest BCUT2D eigenvalue weighted by atomic mass is 10.1. The van der Waals surface area contributed by atoms with Gasteiger partial charge in [0.2, 0.25) is 0 Å². The molecule has 0 saturated carbocycles. The molecule has 2 aromatic rings. The first-order valence-electron chi connectivity index (χ1n) is 9.52. The zero-order chi connectivity index (χ0) is 21.7. The minimum atomic E-state index is -0.431. The molecule has 0 fully saturated rings. The lowest BCUT2D eigenvalue weighted by Gasteiger charge is -2.27. The minimum absolute atomic E-state index is 0.130. The van der Waals surface area contributed by atoms with E-state index in [1.807, 2.05) is 37.8 Å². The molecule has 29 heavy (non-hydrogen) atoms. The van der Waals surface area contributed by atoms with E-state index < -0.39 is 5.97 Å². The molecule has 3 rings (SSSR count). The number of esters is 1. The van der Waals surface area contributed by atoms with Gasteiger partial charge in [-0.05, 0) is 49.4 Å². The summed E-state index contributed by atoms with van der Waals surface area (Å²) >= 11 is 6.04. The second-order valence-corrected chi connectivity index (χ2v) is 6.93. The summed E-state index contributed by atoms with van der Waals surface area (Å²) in [5.41, 5.74) is 2.73. The Hall–Kier alpha value is -2.86. The number of hydrogen-bond donors (Lipinski definition) is 2. The summed E-state index contributed by atoms with van der Waals surface area (Å²) in [5.74, 6) is 0.0252. The minimum Gasteiger partial charge on any atom is -0.465 e. The van der Waals surface area contributed by atoms with Crippen molar-refractivity contribution in [3.05, 3.63) is 53.1 Å². The largest absolute Gasteiger partial charge is 0.465 e. The van der Waals surface area contributed by atoms with Crippen LogP contribution in [0.1, 0.15) is 38.1 Å². The number of nitrogens with zero attached hydrogens (tertiary/aromatic N) is 2. The summed E-state index contributed by atoms with van der Waals surface area (Å²) in [6.45, 7) is 8.13. The first-order chi connectivity index (χ1) is 13.8. The number of halogens is 1. The van der Waals surface area contributed by atoms with Crippen molar-refractivity contribution in [3.63, 3.8) is 0 Å².